The SMILES string of the molecule is O=c1[nH]c(C2=C[C@H](N3CCN(c4ccc(F)c(F)c4)CC3)CC2)nc2c1CC1(CC2)CC1. The third-order valence-electron chi connectivity index (χ3n) is 7.96. The predicted molar refractivity (Wildman–Crippen MR) is 120 cm³/mol. The molecule has 1 saturated heterocycles. The molecular formula is C25H28F2N4O. The van der Waals surface area contributed by atoms with Crippen LogP contribution < -0.4 is 10.5 Å². The fourth-order valence-corrected chi connectivity index (χ4v) is 5.72. The first-order valence-electron chi connectivity index (χ1n) is 11.8. The van der Waals surface area contributed by atoms with Crippen LogP contribution in [0.2, 0.25) is 0 Å². The number of anilines is 1. The molecule has 0 bridgehead atoms. The number of nitrogens with one attached hydrogen (secondary N) is 1. The van der Waals surface area contributed by atoms with Crippen molar-refractivity contribution in [1.29, 1.82) is 0 Å². The number of aryl methyl sites for hydroxylation is 1. The average molecular weight is 439 g/mol. The minimum atomic E-state index is -0.808. The molecule has 1 aliphatic heterocycles. The second-order valence-electron chi connectivity index (χ2n) is 9.94. The summed E-state index contributed by atoms with van der Waals surface area (Å²) < 4.78 is 26.8. The third-order valence-corrected chi connectivity index (χ3v) is 7.96. The maximum absolute atomic E-state index is 13.6. The van der Waals surface area contributed by atoms with E-state index in [0.717, 1.165) is 80.2 Å². The molecule has 1 N–H and O–H groups in total. The van der Waals surface area contributed by atoms with Gasteiger partial charge in [0.2, 0.25) is 0 Å². The van der Waals surface area contributed by atoms with Crippen LogP contribution in [-0.4, -0.2) is 47.1 Å². The van der Waals surface area contributed by atoms with Gasteiger partial charge in [0.1, 0.15) is 5.82 Å². The molecule has 4 aliphatic rings. The van der Waals surface area contributed by atoms with E-state index in [4.69, 9.17) is 4.98 Å². The summed E-state index contributed by atoms with van der Waals surface area (Å²) in [4.78, 5) is 25.3. The molecule has 2 fully saturated rings. The minimum absolute atomic E-state index is 0.0560. The summed E-state index contributed by atoms with van der Waals surface area (Å²) in [5.41, 5.74) is 4.26. The molecule has 168 valence electrons. The molecule has 32 heavy (non-hydrogen) atoms. The van der Waals surface area contributed by atoms with E-state index in [1.807, 2.05) is 0 Å². The Morgan fingerprint density at radius 2 is 1.84 bits per heavy atom. The first-order chi connectivity index (χ1) is 15.5. The van der Waals surface area contributed by atoms with Crippen molar-refractivity contribution in [3.8, 4) is 0 Å². The third kappa shape index (κ3) is 3.56. The van der Waals surface area contributed by atoms with Crippen molar-refractivity contribution in [2.24, 2.45) is 5.41 Å². The Hall–Kier alpha value is -2.54. The summed E-state index contributed by atoms with van der Waals surface area (Å²) in [7, 11) is 0. The van der Waals surface area contributed by atoms with Crippen LogP contribution in [0.1, 0.15) is 49.2 Å². The normalized spacial score (nSPS) is 24.5. The molecule has 0 amide bonds. The van der Waals surface area contributed by atoms with Crippen LogP contribution in [0.15, 0.2) is 29.1 Å². The quantitative estimate of drug-likeness (QED) is 0.794. The van der Waals surface area contributed by atoms with Crippen molar-refractivity contribution >= 4 is 11.3 Å². The highest BCUT2D eigenvalue weighted by Gasteiger charge is 2.45. The van der Waals surface area contributed by atoms with Crippen LogP contribution in [0.25, 0.3) is 5.57 Å². The number of hydrogen-bond acceptors (Lipinski definition) is 4. The summed E-state index contributed by atoms with van der Waals surface area (Å²) in [6, 6.07) is 4.44. The summed E-state index contributed by atoms with van der Waals surface area (Å²) in [5.74, 6) is -0.854. The van der Waals surface area contributed by atoms with Gasteiger partial charge in [-0.15, -0.1) is 0 Å². The van der Waals surface area contributed by atoms with E-state index < -0.39 is 11.6 Å². The van der Waals surface area contributed by atoms with Crippen LogP contribution >= 0.6 is 0 Å². The van der Waals surface area contributed by atoms with Gasteiger partial charge in [-0.3, -0.25) is 9.69 Å². The topological polar surface area (TPSA) is 52.2 Å². The number of hydrogen-bond donors (Lipinski definition) is 1. The van der Waals surface area contributed by atoms with Gasteiger partial charge in [0.25, 0.3) is 5.56 Å². The zero-order valence-corrected chi connectivity index (χ0v) is 18.2. The number of fused-ring (bicyclic) bond motifs is 1. The molecule has 1 aromatic carbocycles. The Morgan fingerprint density at radius 1 is 1.03 bits per heavy atom. The Labute approximate surface area is 186 Å². The molecule has 1 saturated carbocycles. The van der Waals surface area contributed by atoms with Gasteiger partial charge < -0.3 is 9.88 Å². The number of aromatic nitrogens is 2. The fourth-order valence-electron chi connectivity index (χ4n) is 5.72. The summed E-state index contributed by atoms with van der Waals surface area (Å²) >= 11 is 0. The molecule has 1 aromatic heterocycles. The summed E-state index contributed by atoms with van der Waals surface area (Å²) in [6.07, 6.45) is 9.70. The van der Waals surface area contributed by atoms with Crippen molar-refractivity contribution in [3.63, 3.8) is 0 Å². The number of piperazine rings is 1. The molecule has 7 heteroatoms. The lowest BCUT2D eigenvalue weighted by atomic mass is 9.84. The number of aromatic amines is 1. The zero-order chi connectivity index (χ0) is 21.9. The van der Waals surface area contributed by atoms with Crippen molar-refractivity contribution in [3.05, 3.63) is 63.3 Å². The van der Waals surface area contributed by atoms with Gasteiger partial charge in [-0.25, -0.2) is 13.8 Å². The molecule has 6 rings (SSSR count). The van der Waals surface area contributed by atoms with Crippen LogP contribution in [0.5, 0.6) is 0 Å². The summed E-state index contributed by atoms with van der Waals surface area (Å²) in [5, 5.41) is 0. The monoisotopic (exact) mass is 438 g/mol. The highest BCUT2D eigenvalue weighted by molar-refractivity contribution is 5.63. The number of H-pyrrole nitrogens is 1. The van der Waals surface area contributed by atoms with Gasteiger partial charge in [0.05, 0.1) is 5.69 Å². The van der Waals surface area contributed by atoms with Crippen molar-refractivity contribution < 1.29 is 8.78 Å². The highest BCUT2D eigenvalue weighted by Crippen LogP contribution is 2.53. The molecule has 2 aromatic rings. The van der Waals surface area contributed by atoms with Crippen molar-refractivity contribution in [2.75, 3.05) is 31.1 Å². The minimum Gasteiger partial charge on any atom is -0.369 e. The largest absolute Gasteiger partial charge is 0.369 e. The number of nitrogens with zero attached hydrogens (tertiary/aromatic N) is 3. The van der Waals surface area contributed by atoms with Gasteiger partial charge in [-0.1, -0.05) is 6.08 Å². The average Bonchev–Trinajstić information content (AvgIpc) is 3.36. The van der Waals surface area contributed by atoms with E-state index >= 15 is 0 Å². The molecular weight excluding hydrogens is 410 g/mol. The van der Waals surface area contributed by atoms with E-state index in [1.54, 1.807) is 6.07 Å². The van der Waals surface area contributed by atoms with Gasteiger partial charge in [-0.05, 0) is 68.1 Å². The van der Waals surface area contributed by atoms with Gasteiger partial charge in [-0.2, -0.15) is 0 Å². The van der Waals surface area contributed by atoms with E-state index in [2.05, 4.69) is 20.9 Å². The Kier molecular flexibility index (Phi) is 4.72. The first kappa shape index (κ1) is 20.1. The number of rotatable bonds is 3. The van der Waals surface area contributed by atoms with Crippen LogP contribution in [-0.2, 0) is 12.8 Å². The lowest BCUT2D eigenvalue weighted by Crippen LogP contribution is -2.49. The number of allylic oxidation sites excluding steroid dienone is 1. The molecule has 0 radical (unpaired) electrons. The Morgan fingerprint density at radius 3 is 2.59 bits per heavy atom. The van der Waals surface area contributed by atoms with E-state index in [0.29, 0.717) is 11.5 Å². The maximum atomic E-state index is 13.6. The Balaban J connectivity index is 1.14. The Bertz CT molecular complexity index is 1150. The van der Waals surface area contributed by atoms with Gasteiger partial charge >= 0.3 is 0 Å². The van der Waals surface area contributed by atoms with E-state index in [-0.39, 0.29) is 5.56 Å². The molecule has 1 atom stereocenters. The predicted octanol–water partition coefficient (Wildman–Crippen LogP) is 3.69. The second-order valence-corrected chi connectivity index (χ2v) is 9.94. The molecule has 1 spiro atoms. The first-order valence-corrected chi connectivity index (χ1v) is 11.8. The second kappa shape index (κ2) is 7.51. The van der Waals surface area contributed by atoms with Crippen LogP contribution in [0.3, 0.4) is 0 Å². The zero-order valence-electron chi connectivity index (χ0n) is 18.2. The fraction of sp³-hybridized carbons (Fsp3) is 0.520. The van der Waals surface area contributed by atoms with E-state index in [1.165, 1.54) is 31.4 Å². The van der Waals surface area contributed by atoms with Gasteiger partial charge in [0.15, 0.2) is 11.6 Å². The lowest BCUT2D eigenvalue weighted by molar-refractivity contribution is 0.214. The highest BCUT2D eigenvalue weighted by atomic mass is 19.2. The smallest absolute Gasteiger partial charge is 0.254 e. The summed E-state index contributed by atoms with van der Waals surface area (Å²) in [6.45, 7) is 3.29. The van der Waals surface area contributed by atoms with Crippen molar-refractivity contribution in [1.82, 2.24) is 14.9 Å². The standard InChI is InChI=1S/C25H28F2N4O/c26-20-4-3-18(14-21(20)27)31-11-9-30(10-12-31)17-2-1-16(13-17)23-28-22-5-6-25(7-8-25)15-19(22)24(32)29-23/h3-4,13-14,17H,1-2,5-12,15H2,(H,28,29,32)/t17-/m1/s1. The van der Waals surface area contributed by atoms with Crippen molar-refractivity contribution in [2.45, 2.75) is 51.0 Å². The molecule has 2 heterocycles. The van der Waals surface area contributed by atoms with Gasteiger partial charge in [0, 0.05) is 49.5 Å². The molecule has 5 nitrogen and oxygen atoms in total. The molecule has 3 aliphatic carbocycles. The van der Waals surface area contributed by atoms with E-state index in [9.17, 15) is 13.6 Å². The number of benzene rings is 1. The lowest BCUT2D eigenvalue weighted by Gasteiger charge is -2.38. The van der Waals surface area contributed by atoms with Crippen LogP contribution in [0, 0.1) is 17.0 Å². The van der Waals surface area contributed by atoms with Crippen LogP contribution in [0.4, 0.5) is 14.5 Å². The number of halogens is 2. The molecule has 0 unspecified atom stereocenters. The maximum Gasteiger partial charge on any atom is 0.254 e.